The van der Waals surface area contributed by atoms with Crippen molar-refractivity contribution in [2.75, 3.05) is 0 Å². The van der Waals surface area contributed by atoms with Crippen molar-refractivity contribution in [3.8, 4) is 0 Å². The fourth-order valence-corrected chi connectivity index (χ4v) is 1.76. The smallest absolute Gasteiger partial charge is 0.125 e. The molecule has 0 amide bonds. The lowest BCUT2D eigenvalue weighted by molar-refractivity contribution is 0.628. The van der Waals surface area contributed by atoms with Crippen LogP contribution in [0.2, 0.25) is 0 Å². The molecule has 0 bridgehead atoms. The molecule has 0 radical (unpaired) electrons. The van der Waals surface area contributed by atoms with Crippen LogP contribution in [0, 0.1) is 5.82 Å². The van der Waals surface area contributed by atoms with Crippen molar-refractivity contribution in [1.29, 1.82) is 0 Å². The van der Waals surface area contributed by atoms with Crippen molar-refractivity contribution in [3.05, 3.63) is 29.7 Å². The predicted octanol–water partition coefficient (Wildman–Crippen LogP) is 1.60. The average Bonchev–Trinajstić information content (AvgIpc) is 2.42. The summed E-state index contributed by atoms with van der Waals surface area (Å²) in [5.74, 6) is -0.238. The molecule has 0 fully saturated rings. The quantitative estimate of drug-likeness (QED) is 0.813. The van der Waals surface area contributed by atoms with E-state index < -0.39 is 0 Å². The zero-order valence-electron chi connectivity index (χ0n) is 8.87. The Bertz CT molecular complexity index is 488. The summed E-state index contributed by atoms with van der Waals surface area (Å²) in [5.41, 5.74) is 7.47. The Morgan fingerprint density at radius 1 is 1.53 bits per heavy atom. The van der Waals surface area contributed by atoms with E-state index in [1.165, 1.54) is 12.1 Å². The molecule has 0 saturated heterocycles. The molecule has 3 nitrogen and oxygen atoms in total. The minimum Gasteiger partial charge on any atom is -0.328 e. The van der Waals surface area contributed by atoms with Gasteiger partial charge in [-0.3, -0.25) is 4.68 Å². The standard InChI is InChI=1S/C11H14FN3/c1-7(13)5-10-9-4-3-8(12)6-11(9)15(2)14-10/h3-4,6-7H,5,13H2,1-2H3. The number of hydrogen-bond acceptors (Lipinski definition) is 2. The predicted molar refractivity (Wildman–Crippen MR) is 58.0 cm³/mol. The van der Waals surface area contributed by atoms with Crippen molar-refractivity contribution in [3.63, 3.8) is 0 Å². The van der Waals surface area contributed by atoms with Crippen LogP contribution in [0.5, 0.6) is 0 Å². The summed E-state index contributed by atoms with van der Waals surface area (Å²) in [4.78, 5) is 0. The molecular formula is C11H14FN3. The summed E-state index contributed by atoms with van der Waals surface area (Å²) in [5, 5.41) is 5.32. The molecule has 2 aromatic rings. The summed E-state index contributed by atoms with van der Waals surface area (Å²) < 4.78 is 14.7. The van der Waals surface area contributed by atoms with Gasteiger partial charge in [0, 0.05) is 24.9 Å². The topological polar surface area (TPSA) is 43.8 Å². The van der Waals surface area contributed by atoms with E-state index in [9.17, 15) is 4.39 Å². The lowest BCUT2D eigenvalue weighted by Crippen LogP contribution is -2.18. The number of hydrogen-bond donors (Lipinski definition) is 1. The lowest BCUT2D eigenvalue weighted by atomic mass is 10.1. The molecule has 0 spiro atoms. The Morgan fingerprint density at radius 2 is 2.27 bits per heavy atom. The van der Waals surface area contributed by atoms with Crippen molar-refractivity contribution < 1.29 is 4.39 Å². The van der Waals surface area contributed by atoms with Crippen molar-refractivity contribution >= 4 is 10.9 Å². The molecule has 0 aliphatic carbocycles. The molecule has 1 unspecified atom stereocenters. The van der Waals surface area contributed by atoms with E-state index in [0.717, 1.165) is 16.6 Å². The molecule has 4 heteroatoms. The van der Waals surface area contributed by atoms with Gasteiger partial charge >= 0.3 is 0 Å². The highest BCUT2D eigenvalue weighted by Gasteiger charge is 2.10. The van der Waals surface area contributed by atoms with Gasteiger partial charge in [-0.05, 0) is 25.1 Å². The van der Waals surface area contributed by atoms with Crippen LogP contribution in [0.25, 0.3) is 10.9 Å². The van der Waals surface area contributed by atoms with E-state index in [-0.39, 0.29) is 11.9 Å². The molecule has 2 rings (SSSR count). The van der Waals surface area contributed by atoms with Crippen LogP contribution >= 0.6 is 0 Å². The normalized spacial score (nSPS) is 13.3. The summed E-state index contributed by atoms with van der Waals surface area (Å²) in [6.45, 7) is 1.93. The molecule has 0 aliphatic rings. The zero-order valence-corrected chi connectivity index (χ0v) is 8.87. The van der Waals surface area contributed by atoms with E-state index in [2.05, 4.69) is 5.10 Å². The maximum atomic E-state index is 13.0. The van der Waals surface area contributed by atoms with Gasteiger partial charge in [0.2, 0.25) is 0 Å². The molecule has 1 aromatic heterocycles. The Hall–Kier alpha value is -1.42. The number of aryl methyl sites for hydroxylation is 1. The maximum Gasteiger partial charge on any atom is 0.125 e. The highest BCUT2D eigenvalue weighted by molar-refractivity contribution is 5.82. The minimum atomic E-state index is -0.238. The van der Waals surface area contributed by atoms with Gasteiger partial charge in [0.1, 0.15) is 5.82 Å². The first-order chi connectivity index (χ1) is 7.08. The van der Waals surface area contributed by atoms with Crippen molar-refractivity contribution in [2.45, 2.75) is 19.4 Å². The van der Waals surface area contributed by atoms with Crippen molar-refractivity contribution in [1.82, 2.24) is 9.78 Å². The fraction of sp³-hybridized carbons (Fsp3) is 0.364. The molecule has 1 aromatic carbocycles. The molecule has 1 atom stereocenters. The Balaban J connectivity index is 2.57. The van der Waals surface area contributed by atoms with Gasteiger partial charge in [-0.25, -0.2) is 4.39 Å². The van der Waals surface area contributed by atoms with Crippen LogP contribution in [-0.2, 0) is 13.5 Å². The second kappa shape index (κ2) is 3.62. The highest BCUT2D eigenvalue weighted by atomic mass is 19.1. The Labute approximate surface area is 87.7 Å². The SMILES string of the molecule is CC(N)Cc1nn(C)c2cc(F)ccc12. The van der Waals surface area contributed by atoms with Crippen LogP contribution in [0.15, 0.2) is 18.2 Å². The van der Waals surface area contributed by atoms with E-state index in [1.807, 2.05) is 14.0 Å². The Kier molecular flexibility index (Phi) is 2.44. The fourth-order valence-electron chi connectivity index (χ4n) is 1.76. The van der Waals surface area contributed by atoms with Crippen LogP contribution in [0.1, 0.15) is 12.6 Å². The van der Waals surface area contributed by atoms with Gasteiger partial charge in [-0.15, -0.1) is 0 Å². The van der Waals surface area contributed by atoms with Crippen LogP contribution < -0.4 is 5.73 Å². The molecule has 80 valence electrons. The average molecular weight is 207 g/mol. The third kappa shape index (κ3) is 1.85. The second-order valence-electron chi connectivity index (χ2n) is 3.91. The highest BCUT2D eigenvalue weighted by Crippen LogP contribution is 2.19. The zero-order chi connectivity index (χ0) is 11.0. The van der Waals surface area contributed by atoms with Gasteiger partial charge in [-0.1, -0.05) is 0 Å². The minimum absolute atomic E-state index is 0.0631. The summed E-state index contributed by atoms with van der Waals surface area (Å²) in [6.07, 6.45) is 0.711. The summed E-state index contributed by atoms with van der Waals surface area (Å²) in [7, 11) is 1.81. The van der Waals surface area contributed by atoms with Crippen molar-refractivity contribution in [2.24, 2.45) is 12.8 Å². The second-order valence-corrected chi connectivity index (χ2v) is 3.91. The van der Waals surface area contributed by atoms with Crippen LogP contribution in [-0.4, -0.2) is 15.8 Å². The number of aromatic nitrogens is 2. The molecule has 0 saturated carbocycles. The largest absolute Gasteiger partial charge is 0.328 e. The van der Waals surface area contributed by atoms with Gasteiger partial charge in [0.05, 0.1) is 11.2 Å². The molecule has 2 N–H and O–H groups in total. The third-order valence-electron chi connectivity index (χ3n) is 2.41. The number of rotatable bonds is 2. The number of benzene rings is 1. The monoisotopic (exact) mass is 207 g/mol. The maximum absolute atomic E-state index is 13.0. The van der Waals surface area contributed by atoms with Gasteiger partial charge in [0.15, 0.2) is 0 Å². The molecular weight excluding hydrogens is 193 g/mol. The molecule has 0 aliphatic heterocycles. The number of halogens is 1. The number of nitrogens with two attached hydrogens (primary N) is 1. The molecule has 15 heavy (non-hydrogen) atoms. The van der Waals surface area contributed by atoms with Crippen LogP contribution in [0.3, 0.4) is 0 Å². The first kappa shape index (κ1) is 10.1. The third-order valence-corrected chi connectivity index (χ3v) is 2.41. The summed E-state index contributed by atoms with van der Waals surface area (Å²) >= 11 is 0. The van der Waals surface area contributed by atoms with Crippen LogP contribution in [0.4, 0.5) is 4.39 Å². The first-order valence-corrected chi connectivity index (χ1v) is 4.94. The van der Waals surface area contributed by atoms with Gasteiger partial charge in [0.25, 0.3) is 0 Å². The number of fused-ring (bicyclic) bond motifs is 1. The lowest BCUT2D eigenvalue weighted by Gasteiger charge is -2.00. The van der Waals surface area contributed by atoms with E-state index in [0.29, 0.717) is 6.42 Å². The van der Waals surface area contributed by atoms with Gasteiger partial charge < -0.3 is 5.73 Å². The van der Waals surface area contributed by atoms with E-state index >= 15 is 0 Å². The van der Waals surface area contributed by atoms with Gasteiger partial charge in [-0.2, -0.15) is 5.10 Å². The van der Waals surface area contributed by atoms with E-state index in [1.54, 1.807) is 10.7 Å². The number of nitrogens with zero attached hydrogens (tertiary/aromatic N) is 2. The Morgan fingerprint density at radius 3 is 2.93 bits per heavy atom. The van der Waals surface area contributed by atoms with E-state index in [4.69, 9.17) is 5.73 Å². The summed E-state index contributed by atoms with van der Waals surface area (Å²) in [6, 6.07) is 4.77. The molecule has 1 heterocycles. The first-order valence-electron chi connectivity index (χ1n) is 4.94.